The van der Waals surface area contributed by atoms with Crippen molar-refractivity contribution in [1.29, 1.82) is 0 Å². The van der Waals surface area contributed by atoms with Gasteiger partial charge in [0.05, 0.1) is 24.5 Å². The minimum atomic E-state index is -0.122. The predicted octanol–water partition coefficient (Wildman–Crippen LogP) is 1.34. The summed E-state index contributed by atoms with van der Waals surface area (Å²) >= 11 is 0. The average Bonchev–Trinajstić information content (AvgIpc) is 3.11. The highest BCUT2D eigenvalue weighted by Crippen LogP contribution is 2.32. The molecule has 2 aliphatic rings. The van der Waals surface area contributed by atoms with Gasteiger partial charge in [0, 0.05) is 0 Å². The molecule has 0 aromatic rings. The Labute approximate surface area is 89.9 Å². The summed E-state index contributed by atoms with van der Waals surface area (Å²) in [6.45, 7) is 4.11. The van der Waals surface area contributed by atoms with Gasteiger partial charge < -0.3 is 14.2 Å². The molecule has 4 nitrogen and oxygen atoms in total. The first-order valence-corrected chi connectivity index (χ1v) is 5.58. The molecule has 1 saturated heterocycles. The molecule has 0 aromatic heterocycles. The van der Waals surface area contributed by atoms with Gasteiger partial charge in [-0.05, 0) is 19.3 Å². The minimum Gasteiger partial charge on any atom is -0.465 e. The molecular formula is C11H18O4. The smallest absolute Gasteiger partial charge is 0.308 e. The lowest BCUT2D eigenvalue weighted by molar-refractivity contribution is -0.187. The van der Waals surface area contributed by atoms with Gasteiger partial charge in [-0.3, -0.25) is 4.79 Å². The lowest BCUT2D eigenvalue weighted by atomic mass is 9.87. The number of hydrogen-bond acceptors (Lipinski definition) is 4. The molecule has 0 bridgehead atoms. The van der Waals surface area contributed by atoms with Gasteiger partial charge in [-0.1, -0.05) is 6.92 Å². The van der Waals surface area contributed by atoms with Crippen LogP contribution >= 0.6 is 0 Å². The number of rotatable bonds is 4. The quantitative estimate of drug-likeness (QED) is 0.662. The van der Waals surface area contributed by atoms with E-state index in [9.17, 15) is 4.79 Å². The van der Waals surface area contributed by atoms with E-state index in [0.29, 0.717) is 26.6 Å². The van der Waals surface area contributed by atoms with Crippen LogP contribution in [0.5, 0.6) is 0 Å². The van der Waals surface area contributed by atoms with Crippen LogP contribution in [0.15, 0.2) is 0 Å². The summed E-state index contributed by atoms with van der Waals surface area (Å²) in [4.78, 5) is 11.4. The Morgan fingerprint density at radius 3 is 2.60 bits per heavy atom. The molecule has 0 amide bonds. The monoisotopic (exact) mass is 214 g/mol. The molecule has 1 saturated carbocycles. The van der Waals surface area contributed by atoms with Crippen LogP contribution in [0.4, 0.5) is 0 Å². The van der Waals surface area contributed by atoms with Crippen molar-refractivity contribution in [2.75, 3.05) is 26.6 Å². The largest absolute Gasteiger partial charge is 0.465 e. The second kappa shape index (κ2) is 4.49. The molecule has 0 unspecified atom stereocenters. The molecule has 1 aliphatic heterocycles. The molecule has 2 fully saturated rings. The van der Waals surface area contributed by atoms with Crippen LogP contribution in [0.25, 0.3) is 0 Å². The standard InChI is InChI=1S/C11H18O4/c1-2-11(5-13-8-14-6-11)7-15-10(12)9-3-4-9/h9H,2-8H2,1H3. The van der Waals surface area contributed by atoms with E-state index in [-0.39, 0.29) is 17.3 Å². The molecule has 86 valence electrons. The Morgan fingerprint density at radius 1 is 1.40 bits per heavy atom. The summed E-state index contributed by atoms with van der Waals surface area (Å²) in [5, 5.41) is 0. The first-order chi connectivity index (χ1) is 7.26. The lowest BCUT2D eigenvalue weighted by Crippen LogP contribution is -2.41. The Kier molecular flexibility index (Phi) is 3.26. The van der Waals surface area contributed by atoms with Gasteiger partial charge in [-0.25, -0.2) is 0 Å². The van der Waals surface area contributed by atoms with Crippen molar-refractivity contribution in [3.8, 4) is 0 Å². The Balaban J connectivity index is 1.80. The third-order valence-electron chi connectivity index (χ3n) is 3.16. The molecule has 1 aliphatic carbocycles. The van der Waals surface area contributed by atoms with Gasteiger partial charge in [0.1, 0.15) is 13.4 Å². The number of carbonyl (C=O) groups is 1. The molecule has 0 atom stereocenters. The van der Waals surface area contributed by atoms with E-state index in [4.69, 9.17) is 14.2 Å². The van der Waals surface area contributed by atoms with E-state index < -0.39 is 0 Å². The fraction of sp³-hybridized carbons (Fsp3) is 0.909. The van der Waals surface area contributed by atoms with Gasteiger partial charge in [0.2, 0.25) is 0 Å². The van der Waals surface area contributed by atoms with Gasteiger partial charge in [-0.15, -0.1) is 0 Å². The zero-order chi connectivity index (χ0) is 10.7. The first kappa shape index (κ1) is 10.9. The predicted molar refractivity (Wildman–Crippen MR) is 53.2 cm³/mol. The Morgan fingerprint density at radius 2 is 2.07 bits per heavy atom. The van der Waals surface area contributed by atoms with Crippen molar-refractivity contribution >= 4 is 5.97 Å². The molecule has 2 rings (SSSR count). The van der Waals surface area contributed by atoms with E-state index in [2.05, 4.69) is 6.92 Å². The maximum Gasteiger partial charge on any atom is 0.308 e. The highest BCUT2D eigenvalue weighted by Gasteiger charge is 2.36. The molecule has 0 spiro atoms. The maximum atomic E-state index is 11.4. The van der Waals surface area contributed by atoms with Crippen molar-refractivity contribution < 1.29 is 19.0 Å². The molecule has 0 radical (unpaired) electrons. The van der Waals surface area contributed by atoms with Gasteiger partial charge in [-0.2, -0.15) is 0 Å². The number of hydrogen-bond donors (Lipinski definition) is 0. The van der Waals surface area contributed by atoms with E-state index in [0.717, 1.165) is 19.3 Å². The second-order valence-electron chi connectivity index (χ2n) is 4.55. The maximum absolute atomic E-state index is 11.4. The van der Waals surface area contributed by atoms with E-state index in [1.54, 1.807) is 0 Å². The molecule has 0 N–H and O–H groups in total. The first-order valence-electron chi connectivity index (χ1n) is 5.58. The van der Waals surface area contributed by atoms with Gasteiger partial charge >= 0.3 is 5.97 Å². The highest BCUT2D eigenvalue weighted by molar-refractivity contribution is 5.74. The van der Waals surface area contributed by atoms with Crippen LogP contribution in [0.2, 0.25) is 0 Å². The zero-order valence-corrected chi connectivity index (χ0v) is 9.16. The third kappa shape index (κ3) is 2.69. The topological polar surface area (TPSA) is 44.8 Å². The van der Waals surface area contributed by atoms with Crippen LogP contribution in [-0.2, 0) is 19.0 Å². The van der Waals surface area contributed by atoms with E-state index in [1.165, 1.54) is 0 Å². The molecule has 4 heteroatoms. The van der Waals surface area contributed by atoms with Crippen molar-refractivity contribution in [1.82, 2.24) is 0 Å². The van der Waals surface area contributed by atoms with Crippen LogP contribution < -0.4 is 0 Å². The molecule has 15 heavy (non-hydrogen) atoms. The third-order valence-corrected chi connectivity index (χ3v) is 3.16. The summed E-state index contributed by atoms with van der Waals surface area (Å²) in [5.74, 6) is 0.123. The van der Waals surface area contributed by atoms with E-state index >= 15 is 0 Å². The fourth-order valence-corrected chi connectivity index (χ4v) is 1.67. The Bertz CT molecular complexity index is 229. The van der Waals surface area contributed by atoms with Gasteiger partial charge in [0.25, 0.3) is 0 Å². The summed E-state index contributed by atoms with van der Waals surface area (Å²) in [6.07, 6.45) is 2.89. The lowest BCUT2D eigenvalue weighted by Gasteiger charge is -2.35. The summed E-state index contributed by atoms with van der Waals surface area (Å²) in [5.41, 5.74) is -0.122. The van der Waals surface area contributed by atoms with Crippen LogP contribution in [0.3, 0.4) is 0 Å². The summed E-state index contributed by atoms with van der Waals surface area (Å²) in [7, 11) is 0. The SMILES string of the molecule is CCC1(COC(=O)C2CC2)COCOC1. The highest BCUT2D eigenvalue weighted by atomic mass is 16.7. The van der Waals surface area contributed by atoms with Crippen molar-refractivity contribution in [2.24, 2.45) is 11.3 Å². The van der Waals surface area contributed by atoms with E-state index in [1.807, 2.05) is 0 Å². The summed E-state index contributed by atoms with van der Waals surface area (Å²) < 4.78 is 15.8. The van der Waals surface area contributed by atoms with Crippen LogP contribution in [-0.4, -0.2) is 32.6 Å². The molecule has 0 aromatic carbocycles. The second-order valence-corrected chi connectivity index (χ2v) is 4.55. The number of carbonyl (C=O) groups excluding carboxylic acids is 1. The van der Waals surface area contributed by atoms with Crippen LogP contribution in [0, 0.1) is 11.3 Å². The van der Waals surface area contributed by atoms with Crippen LogP contribution in [0.1, 0.15) is 26.2 Å². The van der Waals surface area contributed by atoms with Gasteiger partial charge in [0.15, 0.2) is 0 Å². The number of ether oxygens (including phenoxy) is 3. The summed E-state index contributed by atoms with van der Waals surface area (Å²) in [6, 6.07) is 0. The van der Waals surface area contributed by atoms with Crippen molar-refractivity contribution in [3.05, 3.63) is 0 Å². The average molecular weight is 214 g/mol. The minimum absolute atomic E-state index is 0.0478. The zero-order valence-electron chi connectivity index (χ0n) is 9.16. The fourth-order valence-electron chi connectivity index (χ4n) is 1.67. The normalized spacial score (nSPS) is 24.9. The number of esters is 1. The van der Waals surface area contributed by atoms with Crippen molar-refractivity contribution in [3.63, 3.8) is 0 Å². The van der Waals surface area contributed by atoms with Crippen molar-refractivity contribution in [2.45, 2.75) is 26.2 Å². The molecule has 1 heterocycles. The Hall–Kier alpha value is -0.610. The molecular weight excluding hydrogens is 196 g/mol.